The topological polar surface area (TPSA) is 62.1 Å². The summed E-state index contributed by atoms with van der Waals surface area (Å²) in [5, 5.41) is 9.89. The first-order chi connectivity index (χ1) is 8.16. The molecular formula is C12H21ClN2O3. The molecule has 1 aliphatic heterocycles. The second kappa shape index (κ2) is 6.95. The smallest absolute Gasteiger partial charge is 0.335 e. The number of esters is 1. The Kier molecular flexibility index (Phi) is 5.88. The van der Waals surface area contributed by atoms with Gasteiger partial charge in [0.1, 0.15) is 6.10 Å². The number of aliphatic hydroxyl groups is 1. The Morgan fingerprint density at radius 1 is 1.50 bits per heavy atom. The molecule has 1 heterocycles. The van der Waals surface area contributed by atoms with Crippen LogP contribution in [0.3, 0.4) is 0 Å². The Bertz CT molecular complexity index is 306. The van der Waals surface area contributed by atoms with Gasteiger partial charge >= 0.3 is 5.97 Å². The zero-order valence-electron chi connectivity index (χ0n) is 10.6. The van der Waals surface area contributed by atoms with Gasteiger partial charge in [-0.15, -0.1) is 12.4 Å². The van der Waals surface area contributed by atoms with Crippen LogP contribution in [0.4, 0.5) is 0 Å². The van der Waals surface area contributed by atoms with Gasteiger partial charge in [0.05, 0.1) is 19.4 Å². The van der Waals surface area contributed by atoms with Gasteiger partial charge < -0.3 is 14.7 Å². The molecule has 0 aromatic carbocycles. The fraction of sp³-hybridized carbons (Fsp3) is 0.833. The van der Waals surface area contributed by atoms with E-state index in [9.17, 15) is 9.90 Å². The first kappa shape index (κ1) is 15.2. The molecular weight excluding hydrogens is 256 g/mol. The predicted molar refractivity (Wildman–Crippen MR) is 71.1 cm³/mol. The number of carbonyl (C=O) groups excluding carboxylic acids is 1. The fourth-order valence-electron chi connectivity index (χ4n) is 2.50. The molecule has 18 heavy (non-hydrogen) atoms. The number of rotatable bonds is 3. The minimum Gasteiger partial charge on any atom is -0.457 e. The highest BCUT2D eigenvalue weighted by Crippen LogP contribution is 2.28. The molecule has 5 nitrogen and oxygen atoms in total. The Morgan fingerprint density at radius 3 is 2.78 bits per heavy atom. The van der Waals surface area contributed by atoms with E-state index in [0.717, 1.165) is 25.7 Å². The zero-order chi connectivity index (χ0) is 12.3. The van der Waals surface area contributed by atoms with Gasteiger partial charge in [0.15, 0.2) is 6.10 Å². The highest BCUT2D eigenvalue weighted by Gasteiger charge is 2.31. The average Bonchev–Trinajstić information content (AvgIpc) is 2.81. The van der Waals surface area contributed by atoms with Crippen molar-refractivity contribution in [2.45, 2.75) is 37.9 Å². The highest BCUT2D eigenvalue weighted by molar-refractivity contribution is 5.85. The largest absolute Gasteiger partial charge is 0.457 e. The molecule has 0 bridgehead atoms. The fourth-order valence-corrected chi connectivity index (χ4v) is 2.50. The van der Waals surface area contributed by atoms with Crippen LogP contribution in [0.15, 0.2) is 4.99 Å². The van der Waals surface area contributed by atoms with Crippen molar-refractivity contribution in [3.8, 4) is 0 Å². The third-order valence-corrected chi connectivity index (χ3v) is 3.45. The van der Waals surface area contributed by atoms with E-state index >= 15 is 0 Å². The number of aliphatic hydroxyl groups excluding tert-OH is 1. The van der Waals surface area contributed by atoms with Gasteiger partial charge in [-0.3, -0.25) is 4.99 Å². The van der Waals surface area contributed by atoms with E-state index in [0.29, 0.717) is 13.1 Å². The van der Waals surface area contributed by atoms with Crippen molar-refractivity contribution in [1.29, 1.82) is 0 Å². The summed E-state index contributed by atoms with van der Waals surface area (Å²) >= 11 is 0. The second-order valence-electron chi connectivity index (χ2n) is 4.97. The molecule has 0 aromatic rings. The maximum Gasteiger partial charge on any atom is 0.335 e. The molecule has 2 aliphatic rings. The van der Waals surface area contributed by atoms with E-state index in [2.05, 4.69) is 4.99 Å². The van der Waals surface area contributed by atoms with Gasteiger partial charge in [0.2, 0.25) is 0 Å². The molecule has 6 heteroatoms. The Morgan fingerprint density at radius 2 is 2.17 bits per heavy atom. The summed E-state index contributed by atoms with van der Waals surface area (Å²) < 4.78 is 5.29. The molecule has 2 atom stereocenters. The maximum absolute atomic E-state index is 11.8. The van der Waals surface area contributed by atoms with Crippen molar-refractivity contribution < 1.29 is 14.6 Å². The number of hydrogen-bond acceptors (Lipinski definition) is 5. The second-order valence-corrected chi connectivity index (χ2v) is 4.97. The van der Waals surface area contributed by atoms with Gasteiger partial charge in [-0.1, -0.05) is 12.8 Å². The average molecular weight is 277 g/mol. The molecule has 0 spiro atoms. The quantitative estimate of drug-likeness (QED) is 0.776. The molecule has 0 radical (unpaired) electrons. The van der Waals surface area contributed by atoms with Crippen LogP contribution in [0, 0.1) is 5.92 Å². The summed E-state index contributed by atoms with van der Waals surface area (Å²) in [6.45, 7) is 1.14. The number of carbonyl (C=O) groups is 1. The van der Waals surface area contributed by atoms with Gasteiger partial charge in [-0.2, -0.15) is 0 Å². The van der Waals surface area contributed by atoms with Gasteiger partial charge in [0.25, 0.3) is 0 Å². The highest BCUT2D eigenvalue weighted by atomic mass is 35.5. The lowest BCUT2D eigenvalue weighted by atomic mass is 10.0. The summed E-state index contributed by atoms with van der Waals surface area (Å²) in [4.78, 5) is 17.7. The van der Waals surface area contributed by atoms with E-state index in [1.165, 1.54) is 0 Å². The molecule has 0 amide bonds. The van der Waals surface area contributed by atoms with Crippen LogP contribution in [-0.4, -0.2) is 54.7 Å². The summed E-state index contributed by atoms with van der Waals surface area (Å²) in [5.74, 6) is -0.389. The minimum atomic E-state index is -0.950. The minimum absolute atomic E-state index is 0. The van der Waals surface area contributed by atoms with Crippen LogP contribution >= 0.6 is 12.4 Å². The van der Waals surface area contributed by atoms with Crippen LogP contribution in [-0.2, 0) is 9.53 Å². The molecule has 1 aliphatic carbocycles. The number of hydrogen-bond donors (Lipinski definition) is 1. The Labute approximate surface area is 114 Å². The normalized spacial score (nSPS) is 25.7. The first-order valence-electron chi connectivity index (χ1n) is 6.25. The lowest BCUT2D eigenvalue weighted by molar-refractivity contribution is -0.162. The summed E-state index contributed by atoms with van der Waals surface area (Å²) in [6, 6.07) is 0. The van der Waals surface area contributed by atoms with Crippen LogP contribution in [0.1, 0.15) is 25.7 Å². The third-order valence-electron chi connectivity index (χ3n) is 3.45. The van der Waals surface area contributed by atoms with E-state index in [1.54, 1.807) is 6.34 Å². The third kappa shape index (κ3) is 3.85. The molecule has 1 N–H and O–H groups in total. The van der Waals surface area contributed by atoms with Gasteiger partial charge in [-0.25, -0.2) is 4.79 Å². The molecule has 1 fully saturated rings. The summed E-state index contributed by atoms with van der Waals surface area (Å²) in [5.41, 5.74) is 0. The van der Waals surface area contributed by atoms with Crippen LogP contribution < -0.4 is 0 Å². The standard InChI is InChI=1S/C12H20N2O3.ClH/c1-14-7-10(6-13-8-14)17-12(16)11(15)9-4-2-3-5-9;/h8-11,15H,2-7H2,1H3;1H. The zero-order valence-corrected chi connectivity index (χ0v) is 11.4. The van der Waals surface area contributed by atoms with Crippen LogP contribution in [0.2, 0.25) is 0 Å². The number of ether oxygens (including phenoxy) is 1. The van der Waals surface area contributed by atoms with Crippen LogP contribution in [0.25, 0.3) is 0 Å². The SMILES string of the molecule is CN1C=NCC(OC(=O)C(O)C2CCCC2)C1.Cl. The summed E-state index contributed by atoms with van der Waals surface area (Å²) in [6.07, 6.45) is 4.62. The van der Waals surface area contributed by atoms with Crippen molar-refractivity contribution in [3.63, 3.8) is 0 Å². The first-order valence-corrected chi connectivity index (χ1v) is 6.25. The number of aliphatic imine (C=N–C) groups is 1. The van der Waals surface area contributed by atoms with Gasteiger partial charge in [-0.05, 0) is 18.8 Å². The number of halogens is 1. The van der Waals surface area contributed by atoms with Crippen molar-refractivity contribution in [3.05, 3.63) is 0 Å². The lowest BCUT2D eigenvalue weighted by Gasteiger charge is -2.27. The van der Waals surface area contributed by atoms with E-state index < -0.39 is 12.1 Å². The molecule has 2 unspecified atom stereocenters. The maximum atomic E-state index is 11.8. The van der Waals surface area contributed by atoms with E-state index in [-0.39, 0.29) is 24.4 Å². The molecule has 104 valence electrons. The number of nitrogens with zero attached hydrogens (tertiary/aromatic N) is 2. The Balaban J connectivity index is 0.00000162. The van der Waals surface area contributed by atoms with Crippen molar-refractivity contribution in [1.82, 2.24) is 4.90 Å². The van der Waals surface area contributed by atoms with E-state index in [4.69, 9.17) is 4.74 Å². The monoisotopic (exact) mass is 276 g/mol. The number of likely N-dealkylation sites (N-methyl/N-ethyl adjacent to an activating group) is 1. The molecule has 2 rings (SSSR count). The molecule has 0 saturated heterocycles. The van der Waals surface area contributed by atoms with Gasteiger partial charge in [0, 0.05) is 7.05 Å². The predicted octanol–water partition coefficient (Wildman–Crippen LogP) is 0.845. The van der Waals surface area contributed by atoms with E-state index in [1.807, 2.05) is 11.9 Å². The molecule has 0 aromatic heterocycles. The lowest BCUT2D eigenvalue weighted by Crippen LogP contribution is -2.41. The Hall–Kier alpha value is -0.810. The van der Waals surface area contributed by atoms with Crippen molar-refractivity contribution >= 4 is 24.7 Å². The van der Waals surface area contributed by atoms with Crippen molar-refractivity contribution in [2.75, 3.05) is 20.1 Å². The molecule has 1 saturated carbocycles. The van der Waals surface area contributed by atoms with Crippen LogP contribution in [0.5, 0.6) is 0 Å². The van der Waals surface area contributed by atoms with Crippen molar-refractivity contribution in [2.24, 2.45) is 10.9 Å². The summed E-state index contributed by atoms with van der Waals surface area (Å²) in [7, 11) is 1.89.